The SMILES string of the molecule is CCCCCN(C)Cc1ccc(CNC(C)(C)C)cc1. The maximum atomic E-state index is 3.52. The van der Waals surface area contributed by atoms with Crippen molar-refractivity contribution < 1.29 is 0 Å². The van der Waals surface area contributed by atoms with Gasteiger partial charge in [-0.15, -0.1) is 0 Å². The first-order valence-electron chi connectivity index (χ1n) is 7.92. The molecule has 0 bridgehead atoms. The van der Waals surface area contributed by atoms with Crippen molar-refractivity contribution in [2.45, 2.75) is 65.6 Å². The third-order valence-electron chi connectivity index (χ3n) is 3.44. The van der Waals surface area contributed by atoms with Gasteiger partial charge in [0, 0.05) is 18.6 Å². The Morgan fingerprint density at radius 1 is 1.00 bits per heavy atom. The van der Waals surface area contributed by atoms with E-state index in [4.69, 9.17) is 0 Å². The highest BCUT2D eigenvalue weighted by Crippen LogP contribution is 2.09. The number of rotatable bonds is 8. The first-order chi connectivity index (χ1) is 9.40. The van der Waals surface area contributed by atoms with E-state index >= 15 is 0 Å². The van der Waals surface area contributed by atoms with Gasteiger partial charge in [0.1, 0.15) is 0 Å². The lowest BCUT2D eigenvalue weighted by Gasteiger charge is -2.21. The lowest BCUT2D eigenvalue weighted by atomic mass is 10.1. The summed E-state index contributed by atoms with van der Waals surface area (Å²) in [5.41, 5.74) is 2.94. The van der Waals surface area contributed by atoms with Crippen molar-refractivity contribution in [3.63, 3.8) is 0 Å². The van der Waals surface area contributed by atoms with Crippen molar-refractivity contribution in [3.8, 4) is 0 Å². The molecule has 0 unspecified atom stereocenters. The Bertz CT molecular complexity index is 362. The smallest absolute Gasteiger partial charge is 0.0230 e. The third-order valence-corrected chi connectivity index (χ3v) is 3.44. The molecule has 0 atom stereocenters. The maximum Gasteiger partial charge on any atom is 0.0230 e. The normalized spacial score (nSPS) is 12.1. The summed E-state index contributed by atoms with van der Waals surface area (Å²) in [6.45, 7) is 12.0. The molecule has 1 N–H and O–H groups in total. The summed E-state index contributed by atoms with van der Waals surface area (Å²) < 4.78 is 0. The van der Waals surface area contributed by atoms with E-state index in [0.717, 1.165) is 13.1 Å². The minimum Gasteiger partial charge on any atom is -0.308 e. The van der Waals surface area contributed by atoms with Crippen molar-refractivity contribution in [2.24, 2.45) is 0 Å². The quantitative estimate of drug-likeness (QED) is 0.716. The standard InChI is InChI=1S/C18H32N2/c1-6-7-8-13-20(5)15-17-11-9-16(10-12-17)14-19-18(2,3)4/h9-12,19H,6-8,13-15H2,1-5H3. The predicted molar refractivity (Wildman–Crippen MR) is 88.9 cm³/mol. The topological polar surface area (TPSA) is 15.3 Å². The van der Waals surface area contributed by atoms with Crippen LogP contribution >= 0.6 is 0 Å². The zero-order valence-corrected chi connectivity index (χ0v) is 14.0. The van der Waals surface area contributed by atoms with Crippen LogP contribution in [0.25, 0.3) is 0 Å². The molecule has 2 nitrogen and oxygen atoms in total. The highest BCUT2D eigenvalue weighted by atomic mass is 15.1. The zero-order chi connectivity index (χ0) is 15.0. The fourth-order valence-electron chi connectivity index (χ4n) is 2.15. The van der Waals surface area contributed by atoms with Crippen molar-refractivity contribution in [1.82, 2.24) is 10.2 Å². The summed E-state index contributed by atoms with van der Waals surface area (Å²) in [5.74, 6) is 0. The molecule has 1 rings (SSSR count). The van der Waals surface area contributed by atoms with Gasteiger partial charge < -0.3 is 10.2 Å². The van der Waals surface area contributed by atoms with E-state index in [0.29, 0.717) is 0 Å². The molecule has 2 heteroatoms. The van der Waals surface area contributed by atoms with Crippen molar-refractivity contribution in [3.05, 3.63) is 35.4 Å². The largest absolute Gasteiger partial charge is 0.308 e. The van der Waals surface area contributed by atoms with Gasteiger partial charge in [0.05, 0.1) is 0 Å². The Hall–Kier alpha value is -0.860. The molecule has 0 radical (unpaired) electrons. The van der Waals surface area contributed by atoms with E-state index in [1.807, 2.05) is 0 Å². The third kappa shape index (κ3) is 7.66. The molecule has 0 aliphatic rings. The molecule has 0 aliphatic heterocycles. The van der Waals surface area contributed by atoms with Gasteiger partial charge in [-0.3, -0.25) is 0 Å². The molecular formula is C18H32N2. The molecule has 0 heterocycles. The van der Waals surface area contributed by atoms with Gasteiger partial charge in [0.15, 0.2) is 0 Å². The van der Waals surface area contributed by atoms with Crippen LogP contribution in [0.5, 0.6) is 0 Å². The minimum atomic E-state index is 0.179. The van der Waals surface area contributed by atoms with Crippen LogP contribution in [-0.2, 0) is 13.1 Å². The molecule has 20 heavy (non-hydrogen) atoms. The second-order valence-corrected chi connectivity index (χ2v) is 6.86. The highest BCUT2D eigenvalue weighted by Gasteiger charge is 2.08. The fourth-order valence-corrected chi connectivity index (χ4v) is 2.15. The average molecular weight is 276 g/mol. The molecule has 0 saturated carbocycles. The Kier molecular flexibility index (Phi) is 7.25. The number of hydrogen-bond donors (Lipinski definition) is 1. The number of nitrogens with zero attached hydrogens (tertiary/aromatic N) is 1. The van der Waals surface area contributed by atoms with E-state index in [2.05, 4.69) is 69.2 Å². The van der Waals surface area contributed by atoms with E-state index in [-0.39, 0.29) is 5.54 Å². The summed E-state index contributed by atoms with van der Waals surface area (Å²) in [7, 11) is 2.21. The predicted octanol–water partition coefficient (Wildman–Crippen LogP) is 4.20. The molecule has 1 aromatic rings. The van der Waals surface area contributed by atoms with Crippen LogP contribution in [0.15, 0.2) is 24.3 Å². The molecule has 0 amide bonds. The zero-order valence-electron chi connectivity index (χ0n) is 14.0. The molecule has 0 spiro atoms. The van der Waals surface area contributed by atoms with E-state index < -0.39 is 0 Å². The summed E-state index contributed by atoms with van der Waals surface area (Å²) >= 11 is 0. The van der Waals surface area contributed by atoms with Gasteiger partial charge in [0.2, 0.25) is 0 Å². The molecule has 114 valence electrons. The second-order valence-electron chi connectivity index (χ2n) is 6.86. The van der Waals surface area contributed by atoms with Crippen LogP contribution in [-0.4, -0.2) is 24.0 Å². The van der Waals surface area contributed by atoms with Crippen molar-refractivity contribution in [2.75, 3.05) is 13.6 Å². The van der Waals surface area contributed by atoms with Gasteiger partial charge in [-0.1, -0.05) is 44.0 Å². The number of unbranched alkanes of at least 4 members (excludes halogenated alkanes) is 2. The summed E-state index contributed by atoms with van der Waals surface area (Å²) in [4.78, 5) is 2.41. The Morgan fingerprint density at radius 2 is 1.60 bits per heavy atom. The van der Waals surface area contributed by atoms with Crippen LogP contribution in [0.4, 0.5) is 0 Å². The first kappa shape index (κ1) is 17.2. The van der Waals surface area contributed by atoms with Gasteiger partial charge in [-0.05, 0) is 51.9 Å². The number of hydrogen-bond acceptors (Lipinski definition) is 2. The fraction of sp³-hybridized carbons (Fsp3) is 0.667. The number of benzene rings is 1. The van der Waals surface area contributed by atoms with Crippen molar-refractivity contribution >= 4 is 0 Å². The van der Waals surface area contributed by atoms with Crippen LogP contribution in [0.2, 0.25) is 0 Å². The molecular weight excluding hydrogens is 244 g/mol. The Morgan fingerprint density at radius 3 is 2.15 bits per heavy atom. The van der Waals surface area contributed by atoms with Gasteiger partial charge in [-0.2, -0.15) is 0 Å². The molecule has 0 aromatic heterocycles. The molecule has 0 aliphatic carbocycles. The van der Waals surface area contributed by atoms with Crippen LogP contribution < -0.4 is 5.32 Å². The average Bonchev–Trinajstić information content (AvgIpc) is 2.37. The molecule has 0 fully saturated rings. The lowest BCUT2D eigenvalue weighted by molar-refractivity contribution is 0.318. The number of nitrogens with one attached hydrogen (secondary N) is 1. The van der Waals surface area contributed by atoms with E-state index in [9.17, 15) is 0 Å². The van der Waals surface area contributed by atoms with Gasteiger partial charge in [-0.25, -0.2) is 0 Å². The minimum absolute atomic E-state index is 0.179. The molecule has 1 aromatic carbocycles. The Balaban J connectivity index is 2.38. The molecule has 0 saturated heterocycles. The maximum absolute atomic E-state index is 3.52. The summed E-state index contributed by atoms with van der Waals surface area (Å²) in [5, 5.41) is 3.52. The second kappa shape index (κ2) is 8.43. The summed E-state index contributed by atoms with van der Waals surface area (Å²) in [6.07, 6.45) is 3.94. The van der Waals surface area contributed by atoms with Crippen LogP contribution in [0, 0.1) is 0 Å². The monoisotopic (exact) mass is 276 g/mol. The van der Waals surface area contributed by atoms with E-state index in [1.165, 1.54) is 36.9 Å². The van der Waals surface area contributed by atoms with Crippen LogP contribution in [0.1, 0.15) is 58.1 Å². The van der Waals surface area contributed by atoms with E-state index in [1.54, 1.807) is 0 Å². The Labute approximate surface area is 125 Å². The lowest BCUT2D eigenvalue weighted by Crippen LogP contribution is -2.35. The first-order valence-corrected chi connectivity index (χ1v) is 7.92. The highest BCUT2D eigenvalue weighted by molar-refractivity contribution is 5.22. The summed E-state index contributed by atoms with van der Waals surface area (Å²) in [6, 6.07) is 9.01. The van der Waals surface area contributed by atoms with Gasteiger partial charge in [0.25, 0.3) is 0 Å². The van der Waals surface area contributed by atoms with Crippen LogP contribution in [0.3, 0.4) is 0 Å². The van der Waals surface area contributed by atoms with Gasteiger partial charge >= 0.3 is 0 Å². The van der Waals surface area contributed by atoms with Crippen molar-refractivity contribution in [1.29, 1.82) is 0 Å².